The Kier molecular flexibility index (Phi) is 4.02. The van der Waals surface area contributed by atoms with Crippen molar-refractivity contribution in [3.05, 3.63) is 18.0 Å². The van der Waals surface area contributed by atoms with E-state index in [2.05, 4.69) is 22.3 Å². The first kappa shape index (κ1) is 13.8. The number of nitrogens with one attached hydrogen (secondary N) is 1. The minimum Gasteiger partial charge on any atom is -0.314 e. The van der Waals surface area contributed by atoms with Crippen LogP contribution in [0.2, 0.25) is 0 Å². The third kappa shape index (κ3) is 3.33. The summed E-state index contributed by atoms with van der Waals surface area (Å²) in [6.45, 7) is 1.25. The van der Waals surface area contributed by atoms with Crippen LogP contribution in [0.25, 0.3) is 0 Å². The molecule has 0 amide bonds. The molecule has 3 aliphatic rings. The van der Waals surface area contributed by atoms with Crippen LogP contribution in [0.5, 0.6) is 0 Å². The summed E-state index contributed by atoms with van der Waals surface area (Å²) in [4.78, 5) is 0. The highest BCUT2D eigenvalue weighted by molar-refractivity contribution is 5.04. The quantitative estimate of drug-likeness (QED) is 0.864. The molecule has 0 radical (unpaired) electrons. The average molecular weight is 287 g/mol. The number of nitrogens with zero attached hydrogens (tertiary/aromatic N) is 2. The molecule has 21 heavy (non-hydrogen) atoms. The van der Waals surface area contributed by atoms with Crippen LogP contribution in [0.4, 0.5) is 0 Å². The molecule has 1 N–H and O–H groups in total. The first-order chi connectivity index (χ1) is 10.4. The normalized spacial score (nSPS) is 30.3. The number of hydrogen-bond acceptors (Lipinski definition) is 2. The van der Waals surface area contributed by atoms with Crippen molar-refractivity contribution in [3.8, 4) is 0 Å². The van der Waals surface area contributed by atoms with Crippen molar-refractivity contribution < 1.29 is 0 Å². The second-order valence-electron chi connectivity index (χ2n) is 7.56. The summed E-state index contributed by atoms with van der Waals surface area (Å²) in [6.07, 6.45) is 15.9. The molecule has 0 spiro atoms. The third-order valence-electron chi connectivity index (χ3n) is 5.90. The largest absolute Gasteiger partial charge is 0.314 e. The van der Waals surface area contributed by atoms with Gasteiger partial charge in [0.2, 0.25) is 0 Å². The minimum absolute atomic E-state index is 0.682. The van der Waals surface area contributed by atoms with Gasteiger partial charge in [0.1, 0.15) is 0 Å². The van der Waals surface area contributed by atoms with Gasteiger partial charge in [-0.3, -0.25) is 4.68 Å². The molecule has 2 unspecified atom stereocenters. The fourth-order valence-electron chi connectivity index (χ4n) is 4.08. The lowest BCUT2D eigenvalue weighted by Crippen LogP contribution is -2.37. The van der Waals surface area contributed by atoms with Crippen LogP contribution in [0, 0.1) is 11.8 Å². The van der Waals surface area contributed by atoms with Crippen molar-refractivity contribution in [3.63, 3.8) is 0 Å². The maximum absolute atomic E-state index is 4.89. The molecule has 0 saturated heterocycles. The van der Waals surface area contributed by atoms with Crippen LogP contribution in [0.1, 0.15) is 69.5 Å². The topological polar surface area (TPSA) is 29.9 Å². The predicted octanol–water partition coefficient (Wildman–Crippen LogP) is 3.71. The molecule has 1 heterocycles. The van der Waals surface area contributed by atoms with E-state index < -0.39 is 0 Å². The van der Waals surface area contributed by atoms with Gasteiger partial charge in [-0.25, -0.2) is 0 Å². The lowest BCUT2D eigenvalue weighted by molar-refractivity contribution is 0.168. The molecule has 0 aliphatic heterocycles. The minimum atomic E-state index is 0.682. The van der Waals surface area contributed by atoms with E-state index in [1.54, 1.807) is 0 Å². The summed E-state index contributed by atoms with van der Waals surface area (Å²) in [7, 11) is 0. The first-order valence-corrected chi connectivity index (χ1v) is 9.16. The van der Waals surface area contributed by atoms with Crippen LogP contribution in [-0.2, 0) is 6.42 Å². The predicted molar refractivity (Wildman–Crippen MR) is 85.3 cm³/mol. The van der Waals surface area contributed by atoms with Gasteiger partial charge in [0, 0.05) is 12.2 Å². The van der Waals surface area contributed by atoms with Gasteiger partial charge < -0.3 is 5.32 Å². The highest BCUT2D eigenvalue weighted by atomic mass is 15.3. The highest BCUT2D eigenvalue weighted by Gasteiger charge is 2.32. The Balaban J connectivity index is 1.29. The number of hydrogen-bond donors (Lipinski definition) is 1. The molecule has 1 aromatic heterocycles. The fraction of sp³-hybridized carbons (Fsp3) is 0.833. The van der Waals surface area contributed by atoms with Gasteiger partial charge >= 0.3 is 0 Å². The van der Waals surface area contributed by atoms with E-state index in [1.165, 1.54) is 76.4 Å². The molecule has 3 heteroatoms. The van der Waals surface area contributed by atoms with Gasteiger partial charge in [-0.2, -0.15) is 5.10 Å². The molecular formula is C18H29N3. The van der Waals surface area contributed by atoms with E-state index >= 15 is 0 Å². The van der Waals surface area contributed by atoms with Crippen molar-refractivity contribution in [2.45, 2.75) is 76.3 Å². The van der Waals surface area contributed by atoms with E-state index in [0.717, 1.165) is 17.9 Å². The lowest BCUT2D eigenvalue weighted by atomic mass is 9.71. The van der Waals surface area contributed by atoms with Crippen molar-refractivity contribution in [1.82, 2.24) is 15.1 Å². The molecule has 3 saturated carbocycles. The lowest BCUT2D eigenvalue weighted by Gasteiger charge is -2.36. The zero-order valence-electron chi connectivity index (χ0n) is 13.1. The van der Waals surface area contributed by atoms with E-state index in [9.17, 15) is 0 Å². The first-order valence-electron chi connectivity index (χ1n) is 9.16. The molecule has 4 rings (SSSR count). The highest BCUT2D eigenvalue weighted by Crippen LogP contribution is 2.37. The summed E-state index contributed by atoms with van der Waals surface area (Å²) in [5.41, 5.74) is 1.33. The second kappa shape index (κ2) is 6.12. The monoisotopic (exact) mass is 287 g/mol. The van der Waals surface area contributed by atoms with Crippen molar-refractivity contribution >= 4 is 0 Å². The number of rotatable bonds is 6. The zero-order valence-corrected chi connectivity index (χ0v) is 13.1. The SMILES string of the molecule is c1cn(C2CCCCC2)nc1CC1CCC1CNC1CC1. The van der Waals surface area contributed by atoms with Crippen molar-refractivity contribution in [2.24, 2.45) is 11.8 Å². The maximum atomic E-state index is 4.89. The molecule has 116 valence electrons. The van der Waals surface area contributed by atoms with E-state index in [0.29, 0.717) is 6.04 Å². The molecule has 3 aliphatic carbocycles. The van der Waals surface area contributed by atoms with Crippen LogP contribution < -0.4 is 5.32 Å². The van der Waals surface area contributed by atoms with Gasteiger partial charge in [0.25, 0.3) is 0 Å². The Bertz CT molecular complexity index is 457. The Labute approximate surface area is 128 Å². The fourth-order valence-corrected chi connectivity index (χ4v) is 4.08. The van der Waals surface area contributed by atoms with Crippen LogP contribution >= 0.6 is 0 Å². The standard InChI is InChI=1S/C18H29N3/c1-2-4-18(5-3-1)21-11-10-17(20-21)12-14-6-7-15(14)13-19-16-8-9-16/h10-11,14-16,18-19H,1-9,12-13H2. The van der Waals surface area contributed by atoms with Crippen LogP contribution in [0.15, 0.2) is 12.3 Å². The summed E-state index contributed by atoms with van der Waals surface area (Å²) < 4.78 is 2.27. The molecule has 2 atom stereocenters. The Hall–Kier alpha value is -0.830. The van der Waals surface area contributed by atoms with Gasteiger partial charge in [-0.15, -0.1) is 0 Å². The third-order valence-corrected chi connectivity index (χ3v) is 5.90. The van der Waals surface area contributed by atoms with Crippen LogP contribution in [-0.4, -0.2) is 22.4 Å². The van der Waals surface area contributed by atoms with E-state index in [1.807, 2.05) is 0 Å². The molecular weight excluding hydrogens is 258 g/mol. The molecule has 3 nitrogen and oxygen atoms in total. The summed E-state index contributed by atoms with van der Waals surface area (Å²) >= 11 is 0. The van der Waals surface area contributed by atoms with E-state index in [4.69, 9.17) is 5.10 Å². The zero-order chi connectivity index (χ0) is 14.1. The Morgan fingerprint density at radius 3 is 2.52 bits per heavy atom. The van der Waals surface area contributed by atoms with Gasteiger partial charge in [0.15, 0.2) is 0 Å². The van der Waals surface area contributed by atoms with Crippen molar-refractivity contribution in [2.75, 3.05) is 6.54 Å². The average Bonchev–Trinajstić information content (AvgIpc) is 3.21. The summed E-state index contributed by atoms with van der Waals surface area (Å²) in [6, 6.07) is 3.82. The maximum Gasteiger partial charge on any atom is 0.0627 e. The van der Waals surface area contributed by atoms with Crippen LogP contribution in [0.3, 0.4) is 0 Å². The Morgan fingerprint density at radius 2 is 1.81 bits per heavy atom. The summed E-state index contributed by atoms with van der Waals surface area (Å²) in [5, 5.41) is 8.60. The molecule has 3 fully saturated rings. The van der Waals surface area contributed by atoms with Gasteiger partial charge in [-0.1, -0.05) is 19.3 Å². The van der Waals surface area contributed by atoms with Gasteiger partial charge in [0.05, 0.1) is 11.7 Å². The molecule has 0 bridgehead atoms. The van der Waals surface area contributed by atoms with Gasteiger partial charge in [-0.05, 0) is 69.4 Å². The smallest absolute Gasteiger partial charge is 0.0627 e. The second-order valence-corrected chi connectivity index (χ2v) is 7.56. The summed E-state index contributed by atoms with van der Waals surface area (Å²) in [5.74, 6) is 1.79. The molecule has 0 aromatic carbocycles. The number of aromatic nitrogens is 2. The van der Waals surface area contributed by atoms with Crippen molar-refractivity contribution in [1.29, 1.82) is 0 Å². The molecule has 1 aromatic rings. The van der Waals surface area contributed by atoms with E-state index in [-0.39, 0.29) is 0 Å². The Morgan fingerprint density at radius 1 is 1.00 bits per heavy atom.